The average molecular weight is 931 g/mol. The van der Waals surface area contributed by atoms with Crippen molar-refractivity contribution in [2.24, 2.45) is 0 Å². The molecule has 334 valence electrons. The van der Waals surface area contributed by atoms with Crippen molar-refractivity contribution in [1.29, 1.82) is 0 Å². The fourth-order valence-corrected chi connectivity index (χ4v) is 13.1. The van der Waals surface area contributed by atoms with Crippen molar-refractivity contribution in [2.75, 3.05) is 9.80 Å². The van der Waals surface area contributed by atoms with E-state index in [1.807, 2.05) is 11.3 Å². The summed E-state index contributed by atoms with van der Waals surface area (Å²) in [7, 11) is 0. The zero-order valence-electron chi connectivity index (χ0n) is 39.2. The topological polar surface area (TPSA) is 6.48 Å². The first-order chi connectivity index (χ1) is 35.7. The van der Waals surface area contributed by atoms with Crippen molar-refractivity contribution in [3.63, 3.8) is 0 Å². The number of benzene rings is 12. The number of rotatable bonds is 6. The molecule has 0 bridgehead atoms. The quantitative estimate of drug-likeness (QED) is 0.153. The van der Waals surface area contributed by atoms with Gasteiger partial charge in [0.1, 0.15) is 0 Å². The molecule has 1 aromatic heterocycles. The molecule has 0 amide bonds. The van der Waals surface area contributed by atoms with Crippen LogP contribution in [0.5, 0.6) is 0 Å². The van der Waals surface area contributed by atoms with E-state index < -0.39 is 0 Å². The van der Waals surface area contributed by atoms with Crippen LogP contribution in [0.25, 0.3) is 86.2 Å². The van der Waals surface area contributed by atoms with Gasteiger partial charge >= 0.3 is 0 Å². The van der Waals surface area contributed by atoms with Gasteiger partial charge < -0.3 is 9.80 Å². The molecule has 72 heavy (non-hydrogen) atoms. The number of hydrogen-bond donors (Lipinski definition) is 0. The lowest BCUT2D eigenvalue weighted by molar-refractivity contribution is 1.27. The summed E-state index contributed by atoms with van der Waals surface area (Å²) in [6.07, 6.45) is 0. The molecule has 3 heterocycles. The Kier molecular flexibility index (Phi) is 9.26. The minimum absolute atomic E-state index is 0.0914. The minimum Gasteiger partial charge on any atom is -0.311 e. The van der Waals surface area contributed by atoms with Crippen LogP contribution in [0.15, 0.2) is 261 Å². The third kappa shape index (κ3) is 6.36. The van der Waals surface area contributed by atoms with Crippen LogP contribution in [-0.4, -0.2) is 6.71 Å². The smallest absolute Gasteiger partial charge is 0.252 e. The maximum Gasteiger partial charge on any atom is 0.252 e. The SMILES string of the molecule is c1ccc(-c2ccc(-c3ccccc3)c(N3c4cc5ccccc5cc4B4c5cc6ccccc6cc5N(c5cc(-c6ccccc6)ccc5-c5ccccc5)c5c4c3cc3c5sc4ccccc43)c2)cc1. The van der Waals surface area contributed by atoms with Crippen molar-refractivity contribution in [3.8, 4) is 44.5 Å². The van der Waals surface area contributed by atoms with Gasteiger partial charge in [-0.2, -0.15) is 0 Å². The third-order valence-corrected chi connectivity index (χ3v) is 16.4. The Hall–Kier alpha value is -8.96. The second-order valence-electron chi connectivity index (χ2n) is 19.2. The van der Waals surface area contributed by atoms with Crippen LogP contribution in [-0.2, 0) is 0 Å². The van der Waals surface area contributed by atoms with E-state index in [1.54, 1.807) is 0 Å². The molecular formula is C68H43BN2S. The molecule has 15 rings (SSSR count). The Bertz CT molecular complexity index is 4260. The molecule has 13 aromatic rings. The van der Waals surface area contributed by atoms with Crippen molar-refractivity contribution in [1.82, 2.24) is 0 Å². The van der Waals surface area contributed by atoms with Crippen molar-refractivity contribution in [3.05, 3.63) is 261 Å². The standard InChI is InChI=1S/C68H43BN2S/c1-5-19-44(20-6-1)52-33-35-54(46-23-9-3-10-24-46)60(39-52)70-62-41-50-29-15-13-27-48(50)37-58(62)69-59-38-49-28-14-16-30-51(49)42-63(59)71(67-66(69)64(70)43-57-56-31-17-18-32-65(56)72-68(57)67)61-40-53(45-21-7-2-8-22-45)34-36-55(61)47-25-11-4-12-26-47/h1-43H. The van der Waals surface area contributed by atoms with Crippen LogP contribution in [0.4, 0.5) is 34.1 Å². The first kappa shape index (κ1) is 40.9. The van der Waals surface area contributed by atoms with Crippen molar-refractivity contribution >= 4 is 110 Å². The number of thiophene rings is 1. The van der Waals surface area contributed by atoms with Crippen molar-refractivity contribution in [2.45, 2.75) is 0 Å². The zero-order chi connectivity index (χ0) is 47.3. The monoisotopic (exact) mass is 930 g/mol. The molecule has 0 spiro atoms. The molecule has 0 aliphatic carbocycles. The van der Waals surface area contributed by atoms with Crippen LogP contribution >= 0.6 is 11.3 Å². The zero-order valence-corrected chi connectivity index (χ0v) is 40.0. The summed E-state index contributed by atoms with van der Waals surface area (Å²) in [5.74, 6) is 0. The average Bonchev–Trinajstić information content (AvgIpc) is 3.83. The van der Waals surface area contributed by atoms with Gasteiger partial charge in [0.2, 0.25) is 0 Å². The first-order valence-corrected chi connectivity index (χ1v) is 25.7. The molecule has 4 heteroatoms. The van der Waals surface area contributed by atoms with E-state index in [4.69, 9.17) is 0 Å². The van der Waals surface area contributed by atoms with Gasteiger partial charge in [-0.25, -0.2) is 0 Å². The molecule has 0 unspecified atom stereocenters. The summed E-state index contributed by atoms with van der Waals surface area (Å²) in [6, 6.07) is 97.2. The lowest BCUT2D eigenvalue weighted by atomic mass is 9.33. The van der Waals surface area contributed by atoms with E-state index in [0.717, 1.165) is 11.4 Å². The molecule has 2 aliphatic rings. The van der Waals surface area contributed by atoms with E-state index in [-0.39, 0.29) is 6.71 Å². The normalized spacial score (nSPS) is 12.6. The molecule has 0 radical (unpaired) electrons. The van der Waals surface area contributed by atoms with E-state index >= 15 is 0 Å². The van der Waals surface area contributed by atoms with E-state index in [1.165, 1.54) is 125 Å². The number of anilines is 6. The van der Waals surface area contributed by atoms with Crippen molar-refractivity contribution < 1.29 is 0 Å². The molecule has 0 N–H and O–H groups in total. The van der Waals surface area contributed by atoms with Gasteiger partial charge in [0.15, 0.2) is 0 Å². The predicted octanol–water partition coefficient (Wildman–Crippen LogP) is 17.1. The number of fused-ring (bicyclic) bond motifs is 10. The highest BCUT2D eigenvalue weighted by molar-refractivity contribution is 7.26. The summed E-state index contributed by atoms with van der Waals surface area (Å²) in [5, 5.41) is 7.43. The van der Waals surface area contributed by atoms with Gasteiger partial charge in [0, 0.05) is 43.7 Å². The summed E-state index contributed by atoms with van der Waals surface area (Å²) in [6.45, 7) is -0.0914. The van der Waals surface area contributed by atoms with Gasteiger partial charge in [-0.1, -0.05) is 224 Å². The highest BCUT2D eigenvalue weighted by Crippen LogP contribution is 2.54. The molecule has 2 nitrogen and oxygen atoms in total. The molecule has 12 aromatic carbocycles. The molecule has 0 saturated carbocycles. The largest absolute Gasteiger partial charge is 0.311 e. The summed E-state index contributed by atoms with van der Waals surface area (Å²) in [4.78, 5) is 5.31. The Balaban J connectivity index is 1.14. The Morgan fingerprint density at radius 3 is 1.25 bits per heavy atom. The number of nitrogens with zero attached hydrogens (tertiary/aromatic N) is 2. The van der Waals surface area contributed by atoms with E-state index in [2.05, 4.69) is 271 Å². The van der Waals surface area contributed by atoms with Crippen LogP contribution in [0.1, 0.15) is 0 Å². The third-order valence-electron chi connectivity index (χ3n) is 15.2. The fraction of sp³-hybridized carbons (Fsp3) is 0. The van der Waals surface area contributed by atoms with Crippen LogP contribution in [0, 0.1) is 0 Å². The highest BCUT2D eigenvalue weighted by atomic mass is 32.1. The molecule has 0 fully saturated rings. The van der Waals surface area contributed by atoms with E-state index in [0.29, 0.717) is 0 Å². The Morgan fingerprint density at radius 2 is 0.722 bits per heavy atom. The second-order valence-corrected chi connectivity index (χ2v) is 20.2. The van der Waals surface area contributed by atoms with Crippen LogP contribution in [0.3, 0.4) is 0 Å². The van der Waals surface area contributed by atoms with Gasteiger partial charge in [-0.15, -0.1) is 11.3 Å². The second kappa shape index (κ2) is 16.3. The van der Waals surface area contributed by atoms with Gasteiger partial charge in [-0.05, 0) is 108 Å². The first-order valence-electron chi connectivity index (χ1n) is 24.9. The highest BCUT2D eigenvalue weighted by Gasteiger charge is 2.46. The predicted molar refractivity (Wildman–Crippen MR) is 310 cm³/mol. The lowest BCUT2D eigenvalue weighted by Gasteiger charge is -2.45. The summed E-state index contributed by atoms with van der Waals surface area (Å²) < 4.78 is 2.56. The molecule has 2 aliphatic heterocycles. The molecule has 0 saturated heterocycles. The Morgan fingerprint density at radius 1 is 0.292 bits per heavy atom. The Labute approximate surface area is 423 Å². The fourth-order valence-electron chi connectivity index (χ4n) is 11.9. The number of hydrogen-bond acceptors (Lipinski definition) is 3. The van der Waals surface area contributed by atoms with Gasteiger partial charge in [0.25, 0.3) is 6.71 Å². The minimum atomic E-state index is -0.0914. The van der Waals surface area contributed by atoms with Crippen LogP contribution < -0.4 is 26.2 Å². The molecule has 0 atom stereocenters. The van der Waals surface area contributed by atoms with E-state index in [9.17, 15) is 0 Å². The van der Waals surface area contributed by atoms with Gasteiger partial charge in [0.05, 0.1) is 21.8 Å². The van der Waals surface area contributed by atoms with Gasteiger partial charge in [-0.3, -0.25) is 0 Å². The lowest BCUT2D eigenvalue weighted by Crippen LogP contribution is -2.61. The van der Waals surface area contributed by atoms with Crippen LogP contribution in [0.2, 0.25) is 0 Å². The summed E-state index contributed by atoms with van der Waals surface area (Å²) in [5.41, 5.74) is 20.5. The maximum atomic E-state index is 2.67. The summed E-state index contributed by atoms with van der Waals surface area (Å²) >= 11 is 1.92. The maximum absolute atomic E-state index is 2.67. The molecular weight excluding hydrogens is 888 g/mol.